The van der Waals surface area contributed by atoms with Crippen molar-refractivity contribution >= 4 is 0 Å². The molecular weight excluding hydrogens is 150 g/mol. The van der Waals surface area contributed by atoms with Crippen molar-refractivity contribution < 1.29 is 4.74 Å². The SMILES string of the molecule is N#CC1CCOC2(CCCC2)C1. The molecule has 12 heavy (non-hydrogen) atoms. The fourth-order valence-corrected chi connectivity index (χ4v) is 2.51. The minimum absolute atomic E-state index is 0.124. The normalized spacial score (nSPS) is 33.4. The van der Waals surface area contributed by atoms with Gasteiger partial charge in [-0.05, 0) is 25.7 Å². The summed E-state index contributed by atoms with van der Waals surface area (Å²) in [5, 5.41) is 8.83. The van der Waals surface area contributed by atoms with Gasteiger partial charge in [0.2, 0.25) is 0 Å². The molecule has 0 aromatic carbocycles. The highest BCUT2D eigenvalue weighted by Crippen LogP contribution is 2.41. The van der Waals surface area contributed by atoms with Crippen molar-refractivity contribution in [1.29, 1.82) is 5.26 Å². The predicted octanol–water partition coefficient (Wildman–Crippen LogP) is 2.25. The molecule has 2 rings (SSSR count). The molecule has 0 amide bonds. The van der Waals surface area contributed by atoms with E-state index in [0.717, 1.165) is 19.4 Å². The Bertz CT molecular complexity index is 200. The number of rotatable bonds is 0. The van der Waals surface area contributed by atoms with E-state index in [1.807, 2.05) is 0 Å². The summed E-state index contributed by atoms with van der Waals surface area (Å²) in [6, 6.07) is 2.38. The van der Waals surface area contributed by atoms with Crippen molar-refractivity contribution in [2.75, 3.05) is 6.61 Å². The molecule has 2 aliphatic rings. The Morgan fingerprint density at radius 1 is 1.33 bits per heavy atom. The third-order valence-electron chi connectivity index (χ3n) is 3.19. The Morgan fingerprint density at radius 3 is 2.75 bits per heavy atom. The van der Waals surface area contributed by atoms with Gasteiger partial charge < -0.3 is 4.74 Å². The lowest BCUT2D eigenvalue weighted by Crippen LogP contribution is -2.36. The Hall–Kier alpha value is -0.550. The lowest BCUT2D eigenvalue weighted by Gasteiger charge is -2.35. The molecular formula is C10H15NO. The summed E-state index contributed by atoms with van der Waals surface area (Å²) in [6.45, 7) is 0.804. The van der Waals surface area contributed by atoms with Gasteiger partial charge in [-0.3, -0.25) is 0 Å². The number of nitriles is 1. The molecule has 0 bridgehead atoms. The van der Waals surface area contributed by atoms with Crippen LogP contribution in [0.5, 0.6) is 0 Å². The Labute approximate surface area is 73.5 Å². The first-order valence-electron chi connectivity index (χ1n) is 4.88. The van der Waals surface area contributed by atoms with Gasteiger partial charge in [0, 0.05) is 6.61 Å². The first-order valence-corrected chi connectivity index (χ1v) is 4.88. The summed E-state index contributed by atoms with van der Waals surface area (Å²) in [6.07, 6.45) is 6.88. The maximum absolute atomic E-state index is 8.83. The van der Waals surface area contributed by atoms with E-state index >= 15 is 0 Å². The average Bonchev–Trinajstić information content (AvgIpc) is 2.53. The molecule has 1 saturated carbocycles. The molecule has 2 heteroatoms. The Balaban J connectivity index is 2.02. The second-order valence-electron chi connectivity index (χ2n) is 4.06. The van der Waals surface area contributed by atoms with Crippen LogP contribution in [0.25, 0.3) is 0 Å². The van der Waals surface area contributed by atoms with Gasteiger partial charge in [-0.25, -0.2) is 0 Å². The third kappa shape index (κ3) is 1.34. The van der Waals surface area contributed by atoms with Crippen LogP contribution in [0.1, 0.15) is 38.5 Å². The first kappa shape index (κ1) is 8.07. The quantitative estimate of drug-likeness (QED) is 0.551. The van der Waals surface area contributed by atoms with E-state index in [2.05, 4.69) is 6.07 Å². The largest absolute Gasteiger partial charge is 0.375 e. The zero-order chi connectivity index (χ0) is 8.44. The molecule has 0 radical (unpaired) electrons. The molecule has 2 nitrogen and oxygen atoms in total. The summed E-state index contributed by atoms with van der Waals surface area (Å²) in [4.78, 5) is 0. The maximum atomic E-state index is 8.83. The van der Waals surface area contributed by atoms with Gasteiger partial charge in [-0.15, -0.1) is 0 Å². The summed E-state index contributed by atoms with van der Waals surface area (Å²) in [5.41, 5.74) is 0.124. The highest BCUT2D eigenvalue weighted by atomic mass is 16.5. The van der Waals surface area contributed by atoms with E-state index in [1.165, 1.54) is 25.7 Å². The number of hydrogen-bond donors (Lipinski definition) is 0. The minimum atomic E-state index is 0.124. The molecule has 2 fully saturated rings. The average molecular weight is 165 g/mol. The second kappa shape index (κ2) is 3.06. The number of nitrogens with zero attached hydrogens (tertiary/aromatic N) is 1. The van der Waals surface area contributed by atoms with Crippen LogP contribution < -0.4 is 0 Å². The molecule has 66 valence electrons. The zero-order valence-electron chi connectivity index (χ0n) is 7.38. The van der Waals surface area contributed by atoms with Crippen molar-refractivity contribution in [3.63, 3.8) is 0 Å². The van der Waals surface area contributed by atoms with Gasteiger partial charge in [0.05, 0.1) is 17.6 Å². The summed E-state index contributed by atoms with van der Waals surface area (Å²) in [5.74, 6) is 0.261. The molecule has 1 aliphatic carbocycles. The highest BCUT2D eigenvalue weighted by molar-refractivity contribution is 4.97. The lowest BCUT2D eigenvalue weighted by molar-refractivity contribution is -0.0842. The van der Waals surface area contributed by atoms with Gasteiger partial charge >= 0.3 is 0 Å². The molecule has 1 spiro atoms. The van der Waals surface area contributed by atoms with Crippen LogP contribution in [-0.2, 0) is 4.74 Å². The topological polar surface area (TPSA) is 33.0 Å². The molecule has 0 aromatic heterocycles. The van der Waals surface area contributed by atoms with Gasteiger partial charge in [-0.2, -0.15) is 5.26 Å². The smallest absolute Gasteiger partial charge is 0.0695 e. The van der Waals surface area contributed by atoms with Crippen molar-refractivity contribution in [3.05, 3.63) is 0 Å². The molecule has 0 N–H and O–H groups in total. The summed E-state index contributed by atoms with van der Waals surface area (Å²) >= 11 is 0. The highest BCUT2D eigenvalue weighted by Gasteiger charge is 2.39. The van der Waals surface area contributed by atoms with Crippen LogP contribution >= 0.6 is 0 Å². The molecule has 0 aromatic rings. The van der Waals surface area contributed by atoms with Crippen LogP contribution in [0.15, 0.2) is 0 Å². The Morgan fingerprint density at radius 2 is 2.08 bits per heavy atom. The van der Waals surface area contributed by atoms with Crippen molar-refractivity contribution in [3.8, 4) is 6.07 Å². The van der Waals surface area contributed by atoms with Crippen LogP contribution in [0.4, 0.5) is 0 Å². The minimum Gasteiger partial charge on any atom is -0.375 e. The van der Waals surface area contributed by atoms with E-state index in [1.54, 1.807) is 0 Å². The van der Waals surface area contributed by atoms with Gasteiger partial charge in [0.1, 0.15) is 0 Å². The molecule has 1 atom stereocenters. The van der Waals surface area contributed by atoms with Gasteiger partial charge in [0.25, 0.3) is 0 Å². The molecule has 1 saturated heterocycles. The van der Waals surface area contributed by atoms with E-state index in [9.17, 15) is 0 Å². The monoisotopic (exact) mass is 165 g/mol. The molecule has 1 unspecified atom stereocenters. The zero-order valence-corrected chi connectivity index (χ0v) is 7.38. The van der Waals surface area contributed by atoms with E-state index < -0.39 is 0 Å². The fraction of sp³-hybridized carbons (Fsp3) is 0.900. The van der Waals surface area contributed by atoms with Gasteiger partial charge in [-0.1, -0.05) is 12.8 Å². The number of ether oxygens (including phenoxy) is 1. The van der Waals surface area contributed by atoms with E-state index in [-0.39, 0.29) is 11.5 Å². The fourth-order valence-electron chi connectivity index (χ4n) is 2.51. The molecule has 1 heterocycles. The van der Waals surface area contributed by atoms with Crippen LogP contribution in [0.3, 0.4) is 0 Å². The molecule has 1 aliphatic heterocycles. The van der Waals surface area contributed by atoms with Crippen molar-refractivity contribution in [2.45, 2.75) is 44.1 Å². The second-order valence-corrected chi connectivity index (χ2v) is 4.06. The number of hydrogen-bond acceptors (Lipinski definition) is 2. The lowest BCUT2D eigenvalue weighted by atomic mass is 9.85. The van der Waals surface area contributed by atoms with Crippen LogP contribution in [-0.4, -0.2) is 12.2 Å². The summed E-state index contributed by atoms with van der Waals surface area (Å²) in [7, 11) is 0. The Kier molecular flexibility index (Phi) is 2.06. The van der Waals surface area contributed by atoms with Crippen LogP contribution in [0, 0.1) is 17.2 Å². The third-order valence-corrected chi connectivity index (χ3v) is 3.19. The maximum Gasteiger partial charge on any atom is 0.0695 e. The van der Waals surface area contributed by atoms with Crippen molar-refractivity contribution in [1.82, 2.24) is 0 Å². The predicted molar refractivity (Wildman–Crippen MR) is 45.5 cm³/mol. The first-order chi connectivity index (χ1) is 5.85. The van der Waals surface area contributed by atoms with E-state index in [4.69, 9.17) is 10.00 Å². The van der Waals surface area contributed by atoms with Crippen molar-refractivity contribution in [2.24, 2.45) is 5.92 Å². The summed E-state index contributed by atoms with van der Waals surface area (Å²) < 4.78 is 5.81. The van der Waals surface area contributed by atoms with Crippen LogP contribution in [0.2, 0.25) is 0 Å². The van der Waals surface area contributed by atoms with Gasteiger partial charge in [0.15, 0.2) is 0 Å². The standard InChI is InChI=1S/C10H15NO/c11-8-9-3-6-12-10(7-9)4-1-2-5-10/h9H,1-7H2. The van der Waals surface area contributed by atoms with E-state index in [0.29, 0.717) is 0 Å².